The fourth-order valence-corrected chi connectivity index (χ4v) is 2.46. The van der Waals surface area contributed by atoms with E-state index in [9.17, 15) is 30.1 Å². The second kappa shape index (κ2) is 7.28. The average Bonchev–Trinajstić information content (AvgIpc) is 3.01. The van der Waals surface area contributed by atoms with Crippen LogP contribution in [0.5, 0.6) is 5.75 Å². The van der Waals surface area contributed by atoms with Gasteiger partial charge in [-0.25, -0.2) is 5.43 Å². The predicted octanol–water partition coefficient (Wildman–Crippen LogP) is 1.96. The summed E-state index contributed by atoms with van der Waals surface area (Å²) in [5, 5.41) is 36.7. The standard InChI is InChI=1S/C13H10N4O6S/c18-12(6-10-2-1-3-24-10)15-14-7-8-4-9(16(20)21)5-11(13(8)19)17(22)23/h1-5,7,19H,6H2,(H,15,18). The molecule has 0 atom stereocenters. The molecule has 1 heterocycles. The summed E-state index contributed by atoms with van der Waals surface area (Å²) in [5.74, 6) is -1.21. The van der Waals surface area contributed by atoms with E-state index in [0.29, 0.717) is 6.07 Å². The third-order valence-corrected chi connectivity index (χ3v) is 3.70. The highest BCUT2D eigenvalue weighted by Gasteiger charge is 2.23. The van der Waals surface area contributed by atoms with Gasteiger partial charge in [-0.2, -0.15) is 5.10 Å². The maximum Gasteiger partial charge on any atom is 0.318 e. The van der Waals surface area contributed by atoms with Crippen molar-refractivity contribution in [3.8, 4) is 5.75 Å². The molecule has 11 heteroatoms. The van der Waals surface area contributed by atoms with Gasteiger partial charge < -0.3 is 5.11 Å². The number of non-ortho nitro benzene ring substituents is 1. The molecular formula is C13H10N4O6S. The Hall–Kier alpha value is -3.34. The summed E-state index contributed by atoms with van der Waals surface area (Å²) < 4.78 is 0. The van der Waals surface area contributed by atoms with Crippen LogP contribution in [-0.2, 0) is 11.2 Å². The van der Waals surface area contributed by atoms with Crippen LogP contribution in [0, 0.1) is 20.2 Å². The summed E-state index contributed by atoms with van der Waals surface area (Å²) in [4.78, 5) is 32.3. The average molecular weight is 350 g/mol. The molecule has 1 amide bonds. The molecule has 0 fully saturated rings. The summed E-state index contributed by atoms with van der Waals surface area (Å²) >= 11 is 1.39. The van der Waals surface area contributed by atoms with Crippen molar-refractivity contribution in [1.29, 1.82) is 0 Å². The van der Waals surface area contributed by atoms with Crippen LogP contribution < -0.4 is 5.43 Å². The molecule has 24 heavy (non-hydrogen) atoms. The van der Waals surface area contributed by atoms with Gasteiger partial charge in [-0.3, -0.25) is 25.0 Å². The zero-order valence-electron chi connectivity index (χ0n) is 11.9. The van der Waals surface area contributed by atoms with Gasteiger partial charge >= 0.3 is 5.69 Å². The second-order valence-corrected chi connectivity index (χ2v) is 5.50. The number of nitrogens with zero attached hydrogens (tertiary/aromatic N) is 3. The first kappa shape index (κ1) is 17.0. The Labute approximate surface area is 138 Å². The number of hydrogen-bond donors (Lipinski definition) is 2. The Morgan fingerprint density at radius 3 is 2.67 bits per heavy atom. The lowest BCUT2D eigenvalue weighted by Gasteiger charge is -2.01. The minimum Gasteiger partial charge on any atom is -0.502 e. The van der Waals surface area contributed by atoms with Crippen LogP contribution in [0.2, 0.25) is 0 Å². The number of nitrogens with one attached hydrogen (secondary N) is 1. The second-order valence-electron chi connectivity index (χ2n) is 4.47. The molecule has 1 aromatic carbocycles. The van der Waals surface area contributed by atoms with E-state index in [-0.39, 0.29) is 12.0 Å². The molecule has 10 nitrogen and oxygen atoms in total. The molecule has 0 aliphatic heterocycles. The van der Waals surface area contributed by atoms with E-state index in [1.807, 2.05) is 5.38 Å². The number of nitro groups is 2. The van der Waals surface area contributed by atoms with Crippen molar-refractivity contribution in [2.75, 3.05) is 0 Å². The molecule has 0 radical (unpaired) electrons. The van der Waals surface area contributed by atoms with Gasteiger partial charge in [-0.05, 0) is 11.4 Å². The van der Waals surface area contributed by atoms with Gasteiger partial charge in [-0.1, -0.05) is 6.07 Å². The number of hydrazone groups is 1. The number of carbonyl (C=O) groups excluding carboxylic acids is 1. The van der Waals surface area contributed by atoms with E-state index >= 15 is 0 Å². The molecule has 0 bridgehead atoms. The van der Waals surface area contributed by atoms with Gasteiger partial charge in [0.25, 0.3) is 5.69 Å². The van der Waals surface area contributed by atoms with Gasteiger partial charge in [0.15, 0.2) is 0 Å². The van der Waals surface area contributed by atoms with Crippen LogP contribution >= 0.6 is 11.3 Å². The van der Waals surface area contributed by atoms with Crippen molar-refractivity contribution in [3.63, 3.8) is 0 Å². The van der Waals surface area contributed by atoms with Crippen LogP contribution in [0.4, 0.5) is 11.4 Å². The van der Waals surface area contributed by atoms with Crippen LogP contribution in [0.25, 0.3) is 0 Å². The van der Waals surface area contributed by atoms with E-state index in [2.05, 4.69) is 10.5 Å². The molecular weight excluding hydrogens is 340 g/mol. The monoisotopic (exact) mass is 350 g/mol. The molecule has 0 spiro atoms. The van der Waals surface area contributed by atoms with Gasteiger partial charge in [0, 0.05) is 10.9 Å². The van der Waals surface area contributed by atoms with E-state index in [0.717, 1.165) is 17.2 Å². The highest BCUT2D eigenvalue weighted by molar-refractivity contribution is 7.10. The Morgan fingerprint density at radius 1 is 1.33 bits per heavy atom. The third kappa shape index (κ3) is 4.10. The van der Waals surface area contributed by atoms with Gasteiger partial charge in [0.05, 0.1) is 34.1 Å². The van der Waals surface area contributed by atoms with Crippen LogP contribution in [0.15, 0.2) is 34.7 Å². The zero-order valence-corrected chi connectivity index (χ0v) is 12.7. The lowest BCUT2D eigenvalue weighted by atomic mass is 10.1. The fourth-order valence-electron chi connectivity index (χ4n) is 1.75. The van der Waals surface area contributed by atoms with E-state index in [1.165, 1.54) is 11.3 Å². The quantitative estimate of drug-likeness (QED) is 0.462. The van der Waals surface area contributed by atoms with E-state index in [1.54, 1.807) is 12.1 Å². The third-order valence-electron chi connectivity index (χ3n) is 2.82. The van der Waals surface area contributed by atoms with Crippen molar-refractivity contribution in [2.45, 2.75) is 6.42 Å². The Kier molecular flexibility index (Phi) is 5.16. The predicted molar refractivity (Wildman–Crippen MR) is 85.2 cm³/mol. The summed E-state index contributed by atoms with van der Waals surface area (Å²) in [7, 11) is 0. The highest BCUT2D eigenvalue weighted by atomic mass is 32.1. The van der Waals surface area contributed by atoms with Gasteiger partial charge in [0.2, 0.25) is 11.7 Å². The summed E-state index contributed by atoms with van der Waals surface area (Å²) in [6.45, 7) is 0. The summed E-state index contributed by atoms with van der Waals surface area (Å²) in [6.07, 6.45) is 0.998. The van der Waals surface area contributed by atoms with Crippen molar-refractivity contribution >= 4 is 34.8 Å². The summed E-state index contributed by atoms with van der Waals surface area (Å²) in [6, 6.07) is 5.11. The first-order chi connectivity index (χ1) is 11.4. The first-order valence-corrected chi connectivity index (χ1v) is 7.26. The Bertz CT molecular complexity index is 818. The van der Waals surface area contributed by atoms with Gasteiger partial charge in [0.1, 0.15) is 0 Å². The van der Waals surface area contributed by atoms with Crippen molar-refractivity contribution < 1.29 is 19.7 Å². The fraction of sp³-hybridized carbons (Fsp3) is 0.0769. The number of phenols is 1. The summed E-state index contributed by atoms with van der Waals surface area (Å²) in [5.41, 5.74) is 0.522. The smallest absolute Gasteiger partial charge is 0.318 e. The lowest BCUT2D eigenvalue weighted by Crippen LogP contribution is -2.19. The number of thiophene rings is 1. The molecule has 0 unspecified atom stereocenters. The van der Waals surface area contributed by atoms with Crippen LogP contribution in [0.1, 0.15) is 10.4 Å². The molecule has 2 rings (SSSR count). The largest absolute Gasteiger partial charge is 0.502 e. The maximum absolute atomic E-state index is 11.6. The minimum absolute atomic E-state index is 0.0933. The van der Waals surface area contributed by atoms with Crippen LogP contribution in [0.3, 0.4) is 0 Å². The number of rotatable bonds is 6. The molecule has 0 saturated heterocycles. The lowest BCUT2D eigenvalue weighted by molar-refractivity contribution is -0.394. The normalized spacial score (nSPS) is 10.7. The number of nitro benzene ring substituents is 2. The molecule has 0 saturated carbocycles. The minimum atomic E-state index is -0.949. The molecule has 2 N–H and O–H groups in total. The number of benzene rings is 1. The van der Waals surface area contributed by atoms with Crippen LogP contribution in [-0.4, -0.2) is 27.1 Å². The maximum atomic E-state index is 11.6. The first-order valence-electron chi connectivity index (χ1n) is 6.38. The molecule has 2 aromatic rings. The zero-order chi connectivity index (χ0) is 17.7. The van der Waals surface area contributed by atoms with Crippen molar-refractivity contribution in [2.24, 2.45) is 5.10 Å². The highest BCUT2D eigenvalue weighted by Crippen LogP contribution is 2.33. The molecule has 0 aliphatic rings. The number of carbonyl (C=O) groups is 1. The number of aromatic hydroxyl groups is 1. The SMILES string of the molecule is O=C(Cc1cccs1)NN=Cc1cc([N+](=O)[O-])cc([N+](=O)[O-])c1O. The number of hydrogen-bond acceptors (Lipinski definition) is 8. The van der Waals surface area contributed by atoms with E-state index in [4.69, 9.17) is 0 Å². The van der Waals surface area contributed by atoms with Crippen molar-refractivity contribution in [3.05, 3.63) is 60.3 Å². The topological polar surface area (TPSA) is 148 Å². The Morgan fingerprint density at radius 2 is 2.08 bits per heavy atom. The molecule has 0 aliphatic carbocycles. The molecule has 124 valence electrons. The van der Waals surface area contributed by atoms with E-state index < -0.39 is 32.9 Å². The number of amides is 1. The van der Waals surface area contributed by atoms with Crippen molar-refractivity contribution in [1.82, 2.24) is 5.43 Å². The Balaban J connectivity index is 2.17. The number of phenolic OH excluding ortho intramolecular Hbond substituents is 1. The molecule has 1 aromatic heterocycles. The van der Waals surface area contributed by atoms with Gasteiger partial charge in [-0.15, -0.1) is 11.3 Å².